The van der Waals surface area contributed by atoms with Crippen molar-refractivity contribution in [2.45, 2.75) is 97.8 Å². The lowest BCUT2D eigenvalue weighted by Gasteiger charge is -2.29. The van der Waals surface area contributed by atoms with Gasteiger partial charge in [-0.1, -0.05) is 53.7 Å². The van der Waals surface area contributed by atoms with Crippen LogP contribution >= 0.6 is 0 Å². The molecule has 0 heterocycles. The average molecular weight is 727 g/mol. The van der Waals surface area contributed by atoms with Gasteiger partial charge in [0.15, 0.2) is 0 Å². The lowest BCUT2D eigenvalue weighted by atomic mass is 9.98. The van der Waals surface area contributed by atoms with Crippen molar-refractivity contribution in [2.24, 2.45) is 17.8 Å². The topological polar surface area (TPSA) is 246 Å². The lowest BCUT2D eigenvalue weighted by Crippen LogP contribution is -2.59. The largest absolute Gasteiger partial charge is 0.508 e. The smallest absolute Gasteiger partial charge is 0.303 e. The van der Waals surface area contributed by atoms with Gasteiger partial charge in [0.05, 0.1) is 11.3 Å². The number of aromatic hydroxyl groups is 1. The summed E-state index contributed by atoms with van der Waals surface area (Å²) in [6.07, 6.45) is -0.328. The summed E-state index contributed by atoms with van der Waals surface area (Å²) in [7, 11) is 0. The molecule has 16 nitrogen and oxygen atoms in total. The number of non-ortho nitro benzene ring substituents is 1. The number of hydrogen-bond acceptors (Lipinski definition) is 9. The van der Waals surface area contributed by atoms with Crippen LogP contribution in [0.25, 0.3) is 0 Å². The van der Waals surface area contributed by atoms with Gasteiger partial charge in [-0.15, -0.1) is 0 Å². The van der Waals surface area contributed by atoms with Crippen molar-refractivity contribution in [3.8, 4) is 5.75 Å². The van der Waals surface area contributed by atoms with Crippen LogP contribution in [0, 0.1) is 27.9 Å². The molecule has 0 aliphatic carbocycles. The van der Waals surface area contributed by atoms with E-state index in [4.69, 9.17) is 5.11 Å². The first-order chi connectivity index (χ1) is 24.4. The van der Waals surface area contributed by atoms with Crippen LogP contribution in [0.5, 0.6) is 5.75 Å². The third kappa shape index (κ3) is 14.7. The molecule has 0 radical (unpaired) electrons. The maximum atomic E-state index is 13.8. The Balaban J connectivity index is 2.29. The fraction of sp³-hybridized carbons (Fsp3) is 0.500. The van der Waals surface area contributed by atoms with Gasteiger partial charge in [0.2, 0.25) is 29.5 Å². The summed E-state index contributed by atoms with van der Waals surface area (Å²) in [5.41, 5.74) is 0.665. The van der Waals surface area contributed by atoms with E-state index in [9.17, 15) is 44.0 Å². The molecule has 0 unspecified atom stereocenters. The normalized spacial score (nSPS) is 13.4. The van der Waals surface area contributed by atoms with Crippen LogP contribution < -0.4 is 26.6 Å². The van der Waals surface area contributed by atoms with Gasteiger partial charge in [-0.2, -0.15) is 0 Å². The first kappa shape index (κ1) is 42.6. The van der Waals surface area contributed by atoms with Gasteiger partial charge < -0.3 is 36.8 Å². The van der Waals surface area contributed by atoms with Crippen molar-refractivity contribution in [1.29, 1.82) is 0 Å². The van der Waals surface area contributed by atoms with Gasteiger partial charge >= 0.3 is 5.97 Å². The molecule has 0 fully saturated rings. The predicted octanol–water partition coefficient (Wildman–Crippen LogP) is 3.03. The van der Waals surface area contributed by atoms with Crippen molar-refractivity contribution >= 4 is 46.9 Å². The fourth-order valence-corrected chi connectivity index (χ4v) is 5.19. The van der Waals surface area contributed by atoms with E-state index in [0.29, 0.717) is 5.56 Å². The summed E-state index contributed by atoms with van der Waals surface area (Å²) in [6.45, 7) is 10.8. The standard InChI is InChI=1S/C36H50N6O10/c1-20(2)17-27(38-30(44)15-16-31(45)46)34(48)39-28(18-21(3)4)35(49)41-32(22(5)6)36(50)40-29(19-23-7-13-26(43)14-8-23)33(47)37-24-9-11-25(12-10-24)42(51)52/h7-14,20-22,27-29,32,43H,15-19H2,1-6H3,(H,37,47)(H,38,44)(H,39,48)(H,40,50)(H,41,49)(H,45,46)/t27-,28-,29-,32-/m0/s1. The number of nitro groups is 1. The Morgan fingerprint density at radius 2 is 1.19 bits per heavy atom. The predicted molar refractivity (Wildman–Crippen MR) is 192 cm³/mol. The summed E-state index contributed by atoms with van der Waals surface area (Å²) in [5, 5.41) is 43.0. The molecule has 2 aromatic carbocycles. The molecular weight excluding hydrogens is 676 g/mol. The van der Waals surface area contributed by atoms with Crippen LogP contribution in [-0.2, 0) is 35.2 Å². The Bertz CT molecular complexity index is 1560. The number of carboxylic acids is 1. The van der Waals surface area contributed by atoms with E-state index < -0.39 is 76.9 Å². The van der Waals surface area contributed by atoms with Crippen LogP contribution in [0.4, 0.5) is 11.4 Å². The second-order valence-corrected chi connectivity index (χ2v) is 13.8. The van der Waals surface area contributed by atoms with E-state index >= 15 is 0 Å². The highest BCUT2D eigenvalue weighted by Gasteiger charge is 2.33. The van der Waals surface area contributed by atoms with E-state index in [1.54, 1.807) is 26.0 Å². The van der Waals surface area contributed by atoms with Crippen LogP contribution in [0.15, 0.2) is 48.5 Å². The molecule has 0 saturated carbocycles. The second kappa shape index (κ2) is 20.3. The molecule has 4 atom stereocenters. The van der Waals surface area contributed by atoms with Gasteiger partial charge in [0, 0.05) is 30.7 Å². The second-order valence-electron chi connectivity index (χ2n) is 13.8. The van der Waals surface area contributed by atoms with E-state index in [2.05, 4.69) is 26.6 Å². The third-order valence-electron chi connectivity index (χ3n) is 7.87. The molecule has 2 rings (SSSR count). The van der Waals surface area contributed by atoms with E-state index in [1.807, 2.05) is 27.7 Å². The van der Waals surface area contributed by atoms with E-state index in [0.717, 1.165) is 0 Å². The Hall–Kier alpha value is -5.54. The molecule has 0 aliphatic rings. The van der Waals surface area contributed by atoms with Crippen LogP contribution in [-0.4, -0.2) is 74.8 Å². The molecule has 0 saturated heterocycles. The maximum absolute atomic E-state index is 13.8. The highest BCUT2D eigenvalue weighted by Crippen LogP contribution is 2.18. The zero-order chi connectivity index (χ0) is 39.1. The highest BCUT2D eigenvalue weighted by molar-refractivity contribution is 5.99. The molecule has 5 amide bonds. The lowest BCUT2D eigenvalue weighted by molar-refractivity contribution is -0.384. The molecule has 0 aliphatic heterocycles. The molecule has 284 valence electrons. The highest BCUT2D eigenvalue weighted by atomic mass is 16.6. The molecule has 7 N–H and O–H groups in total. The molecule has 2 aromatic rings. The van der Waals surface area contributed by atoms with E-state index in [1.165, 1.54) is 36.4 Å². The zero-order valence-corrected chi connectivity index (χ0v) is 30.3. The number of amides is 5. The number of hydrogen-bond donors (Lipinski definition) is 7. The quantitative estimate of drug-likeness (QED) is 0.0776. The first-order valence-electron chi connectivity index (χ1n) is 17.1. The number of aliphatic carboxylic acids is 1. The van der Waals surface area contributed by atoms with Crippen molar-refractivity contribution in [1.82, 2.24) is 21.3 Å². The minimum Gasteiger partial charge on any atom is -0.508 e. The molecular formula is C36H50N6O10. The van der Waals surface area contributed by atoms with Crippen LogP contribution in [0.3, 0.4) is 0 Å². The Morgan fingerprint density at radius 3 is 1.69 bits per heavy atom. The molecule has 0 bridgehead atoms. The summed E-state index contributed by atoms with van der Waals surface area (Å²) in [5.74, 6) is -5.00. The minimum absolute atomic E-state index is 0.00128. The molecule has 52 heavy (non-hydrogen) atoms. The SMILES string of the molecule is CC(C)C[C@H](NC(=O)CCC(=O)O)C(=O)N[C@@H](CC(C)C)C(=O)N[C@H](C(=O)N[C@@H](Cc1ccc(O)cc1)C(=O)Nc1ccc([N+](=O)[O-])cc1)C(C)C. The van der Waals surface area contributed by atoms with Crippen LogP contribution in [0.2, 0.25) is 0 Å². The summed E-state index contributed by atoms with van der Waals surface area (Å²) < 4.78 is 0. The van der Waals surface area contributed by atoms with Crippen molar-refractivity contribution in [2.75, 3.05) is 5.32 Å². The van der Waals surface area contributed by atoms with Gasteiger partial charge in [0.25, 0.3) is 5.69 Å². The Morgan fingerprint density at radius 1 is 0.673 bits per heavy atom. The van der Waals surface area contributed by atoms with Crippen molar-refractivity contribution < 1.29 is 43.9 Å². The number of nitrogens with one attached hydrogen (secondary N) is 5. The van der Waals surface area contributed by atoms with Crippen molar-refractivity contribution in [3.05, 3.63) is 64.2 Å². The monoisotopic (exact) mass is 726 g/mol. The Labute approximate surface area is 302 Å². The van der Waals surface area contributed by atoms with Gasteiger partial charge in [-0.3, -0.25) is 38.9 Å². The van der Waals surface area contributed by atoms with Crippen LogP contribution in [0.1, 0.15) is 72.8 Å². The number of benzene rings is 2. The number of carbonyl (C=O) groups excluding carboxylic acids is 5. The third-order valence-corrected chi connectivity index (χ3v) is 7.87. The summed E-state index contributed by atoms with van der Waals surface area (Å²) >= 11 is 0. The number of nitrogens with zero attached hydrogens (tertiary/aromatic N) is 1. The Kier molecular flexibility index (Phi) is 16.7. The van der Waals surface area contributed by atoms with E-state index in [-0.39, 0.29) is 54.6 Å². The fourth-order valence-electron chi connectivity index (χ4n) is 5.19. The van der Waals surface area contributed by atoms with Gasteiger partial charge in [-0.25, -0.2) is 0 Å². The number of rotatable bonds is 20. The molecule has 0 aromatic heterocycles. The number of nitro benzene ring substituents is 1. The molecule has 16 heteroatoms. The number of carbonyl (C=O) groups is 6. The number of carboxylic acid groups (broad SMARTS) is 1. The average Bonchev–Trinajstić information content (AvgIpc) is 3.05. The van der Waals surface area contributed by atoms with Gasteiger partial charge in [-0.05, 0) is 60.4 Å². The number of anilines is 1. The zero-order valence-electron chi connectivity index (χ0n) is 30.3. The maximum Gasteiger partial charge on any atom is 0.303 e. The first-order valence-corrected chi connectivity index (χ1v) is 17.1. The van der Waals surface area contributed by atoms with Gasteiger partial charge in [0.1, 0.15) is 29.9 Å². The molecule has 0 spiro atoms. The minimum atomic E-state index is -1.18. The number of phenolic OH excluding ortho intramolecular Hbond substituents is 1. The summed E-state index contributed by atoms with van der Waals surface area (Å²) in [6, 6.07) is 6.67. The van der Waals surface area contributed by atoms with Crippen molar-refractivity contribution in [3.63, 3.8) is 0 Å². The number of phenols is 1. The summed E-state index contributed by atoms with van der Waals surface area (Å²) in [4.78, 5) is 88.2.